The van der Waals surface area contributed by atoms with Crippen molar-refractivity contribution in [3.05, 3.63) is 45.0 Å². The molecule has 1 aromatic rings. The van der Waals surface area contributed by atoms with Gasteiger partial charge in [0, 0.05) is 9.95 Å². The molecule has 0 aliphatic heterocycles. The van der Waals surface area contributed by atoms with Crippen LogP contribution < -0.4 is 5.32 Å². The molecule has 1 amide bonds. The van der Waals surface area contributed by atoms with E-state index in [4.69, 9.17) is 21.1 Å². The Labute approximate surface area is 163 Å². The van der Waals surface area contributed by atoms with Gasteiger partial charge in [0.2, 0.25) is 0 Å². The number of carbonyl (C=O) groups excluding carboxylic acids is 2. The van der Waals surface area contributed by atoms with Crippen molar-refractivity contribution in [3.63, 3.8) is 0 Å². The fourth-order valence-corrected chi connectivity index (χ4v) is 2.28. The minimum atomic E-state index is -1.86. The van der Waals surface area contributed by atoms with Gasteiger partial charge in [0.25, 0.3) is 0 Å². The molecule has 27 heavy (non-hydrogen) atoms. The normalized spacial score (nSPS) is 14.0. The molecule has 0 heterocycles. The summed E-state index contributed by atoms with van der Waals surface area (Å²) in [6.07, 6.45) is -0.891. The van der Waals surface area contributed by atoms with Crippen LogP contribution in [0.15, 0.2) is 24.3 Å². The van der Waals surface area contributed by atoms with Crippen LogP contribution in [-0.2, 0) is 14.3 Å². The molecule has 0 unspecified atom stereocenters. The molecule has 0 spiro atoms. The Kier molecular flexibility index (Phi) is 7.19. The maximum Gasteiger partial charge on any atom is 0.408 e. The molecule has 0 aliphatic carbocycles. The van der Waals surface area contributed by atoms with Gasteiger partial charge in [-0.25, -0.2) is 9.59 Å². The summed E-state index contributed by atoms with van der Waals surface area (Å²) in [6, 6.07) is 2.83. The highest BCUT2D eigenvalue weighted by molar-refractivity contribution is 6.30. The fraction of sp³-hybridized carbons (Fsp3) is 0.556. The third-order valence-corrected chi connectivity index (χ3v) is 3.34. The van der Waals surface area contributed by atoms with Crippen LogP contribution in [0.4, 0.5) is 4.79 Å². The van der Waals surface area contributed by atoms with E-state index in [0.29, 0.717) is 10.6 Å². The third kappa shape index (κ3) is 7.82. The van der Waals surface area contributed by atoms with Gasteiger partial charge in [-0.2, -0.15) is 0 Å². The van der Waals surface area contributed by atoms with E-state index < -0.39 is 40.3 Å². The Morgan fingerprint density at radius 2 is 1.52 bits per heavy atom. The van der Waals surface area contributed by atoms with Crippen LogP contribution >= 0.6 is 11.6 Å². The topological polar surface area (TPSA) is 108 Å². The predicted molar refractivity (Wildman–Crippen MR) is 100 cm³/mol. The number of carbonyl (C=O) groups is 2. The Bertz CT molecular complexity index is 691. The van der Waals surface area contributed by atoms with Crippen LogP contribution in [0.5, 0.6) is 0 Å². The quantitative estimate of drug-likeness (QED) is 0.456. The first-order valence-electron chi connectivity index (χ1n) is 8.31. The van der Waals surface area contributed by atoms with E-state index in [9.17, 15) is 19.7 Å². The first-order valence-corrected chi connectivity index (χ1v) is 8.69. The van der Waals surface area contributed by atoms with Crippen LogP contribution in [0, 0.1) is 10.1 Å². The van der Waals surface area contributed by atoms with Crippen LogP contribution in [0.3, 0.4) is 0 Å². The number of hydrogen-bond acceptors (Lipinski definition) is 6. The van der Waals surface area contributed by atoms with E-state index in [2.05, 4.69) is 5.32 Å². The third-order valence-electron chi connectivity index (χ3n) is 3.09. The molecule has 8 nitrogen and oxygen atoms in total. The first-order chi connectivity index (χ1) is 12.2. The smallest absolute Gasteiger partial charge is 0.408 e. The van der Waals surface area contributed by atoms with Crippen molar-refractivity contribution in [1.82, 2.24) is 5.32 Å². The number of esters is 1. The Morgan fingerprint density at radius 1 is 1.04 bits per heavy atom. The number of nitrogens with zero attached hydrogens (tertiary/aromatic N) is 1. The lowest BCUT2D eigenvalue weighted by atomic mass is 9.99. The van der Waals surface area contributed by atoms with E-state index >= 15 is 0 Å². The van der Waals surface area contributed by atoms with Crippen molar-refractivity contribution >= 4 is 23.7 Å². The summed E-state index contributed by atoms with van der Waals surface area (Å²) in [5.41, 5.74) is -1.43. The number of rotatable bonds is 5. The molecular weight excluding hydrogens is 376 g/mol. The van der Waals surface area contributed by atoms with E-state index in [-0.39, 0.29) is 0 Å². The molecule has 0 bridgehead atoms. The largest absolute Gasteiger partial charge is 0.455 e. The zero-order valence-corrected chi connectivity index (χ0v) is 17.0. The number of ether oxygens (including phenoxy) is 2. The second-order valence-electron chi connectivity index (χ2n) is 7.94. The average molecular weight is 401 g/mol. The summed E-state index contributed by atoms with van der Waals surface area (Å²) >= 11 is 5.86. The molecule has 150 valence electrons. The summed E-state index contributed by atoms with van der Waals surface area (Å²) in [5.74, 6) is -1.07. The highest BCUT2D eigenvalue weighted by Crippen LogP contribution is 2.24. The first kappa shape index (κ1) is 22.7. The summed E-state index contributed by atoms with van der Waals surface area (Å²) in [7, 11) is 0. The standard InChI is InChI=1S/C18H25ClN2O6/c1-17(2,3)26-15(22)14(21(24)25)13(11-7-9-12(19)10-8-11)20-16(23)27-18(4,5)6/h7-10,13-14H,1-6H3,(H,20,23)/t13-,14+/m1/s1. The van der Waals surface area contributed by atoms with Crippen molar-refractivity contribution in [2.24, 2.45) is 0 Å². The SMILES string of the molecule is CC(C)(C)OC(=O)N[C@H](c1ccc(Cl)cc1)[C@@H](C(=O)OC(C)(C)C)[N+](=O)[O-]. The van der Waals surface area contributed by atoms with Gasteiger partial charge in [-0.15, -0.1) is 0 Å². The summed E-state index contributed by atoms with van der Waals surface area (Å²) in [5, 5.41) is 14.5. The Hall–Kier alpha value is -2.35. The van der Waals surface area contributed by atoms with Gasteiger partial charge in [-0.1, -0.05) is 23.7 Å². The number of alkyl carbamates (subject to hydrolysis) is 1. The maximum atomic E-state index is 12.5. The van der Waals surface area contributed by atoms with Gasteiger partial charge in [-0.3, -0.25) is 10.1 Å². The number of halogens is 1. The van der Waals surface area contributed by atoms with Crippen molar-refractivity contribution in [3.8, 4) is 0 Å². The van der Waals surface area contributed by atoms with Gasteiger partial charge in [0.05, 0.1) is 0 Å². The zero-order chi connectivity index (χ0) is 21.0. The Morgan fingerprint density at radius 3 is 1.93 bits per heavy atom. The van der Waals surface area contributed by atoms with Gasteiger partial charge in [0.1, 0.15) is 17.2 Å². The second-order valence-corrected chi connectivity index (χ2v) is 8.38. The number of benzene rings is 1. The van der Waals surface area contributed by atoms with Gasteiger partial charge >= 0.3 is 18.1 Å². The number of amides is 1. The average Bonchev–Trinajstić information content (AvgIpc) is 2.42. The van der Waals surface area contributed by atoms with E-state index in [1.807, 2.05) is 0 Å². The van der Waals surface area contributed by atoms with E-state index in [0.717, 1.165) is 0 Å². The molecule has 1 rings (SSSR count). The molecule has 0 saturated heterocycles. The molecule has 0 fully saturated rings. The van der Waals surface area contributed by atoms with Gasteiger partial charge in [0.15, 0.2) is 0 Å². The molecule has 9 heteroatoms. The molecule has 2 atom stereocenters. The number of nitrogens with one attached hydrogen (secondary N) is 1. The zero-order valence-electron chi connectivity index (χ0n) is 16.2. The maximum absolute atomic E-state index is 12.5. The summed E-state index contributed by atoms with van der Waals surface area (Å²) < 4.78 is 10.3. The molecule has 1 aromatic carbocycles. The molecule has 0 aliphatic rings. The van der Waals surface area contributed by atoms with Gasteiger partial charge in [-0.05, 0) is 59.2 Å². The minimum absolute atomic E-state index is 0.317. The molecule has 0 aromatic heterocycles. The highest BCUT2D eigenvalue weighted by Gasteiger charge is 2.44. The highest BCUT2D eigenvalue weighted by atomic mass is 35.5. The van der Waals surface area contributed by atoms with E-state index in [1.54, 1.807) is 41.5 Å². The summed E-state index contributed by atoms with van der Waals surface area (Å²) in [6.45, 7) is 9.76. The molecular formula is C18H25ClN2O6. The predicted octanol–water partition coefficient (Wildman–Crippen LogP) is 3.89. The van der Waals surface area contributed by atoms with Crippen molar-refractivity contribution in [2.75, 3.05) is 0 Å². The Balaban J connectivity index is 3.27. The van der Waals surface area contributed by atoms with Crippen LogP contribution in [0.1, 0.15) is 53.1 Å². The monoisotopic (exact) mass is 400 g/mol. The van der Waals surface area contributed by atoms with E-state index in [1.165, 1.54) is 24.3 Å². The molecule has 0 radical (unpaired) electrons. The van der Waals surface area contributed by atoms with Crippen molar-refractivity contribution in [2.45, 2.75) is 64.8 Å². The van der Waals surface area contributed by atoms with Gasteiger partial charge < -0.3 is 14.8 Å². The van der Waals surface area contributed by atoms with Crippen LogP contribution in [0.25, 0.3) is 0 Å². The van der Waals surface area contributed by atoms with Crippen LogP contribution in [0.2, 0.25) is 5.02 Å². The lowest BCUT2D eigenvalue weighted by Crippen LogP contribution is -2.48. The van der Waals surface area contributed by atoms with Crippen molar-refractivity contribution < 1.29 is 24.0 Å². The lowest BCUT2D eigenvalue weighted by Gasteiger charge is -2.27. The van der Waals surface area contributed by atoms with Crippen molar-refractivity contribution in [1.29, 1.82) is 0 Å². The molecule has 1 N–H and O–H groups in total. The second kappa shape index (κ2) is 8.56. The summed E-state index contributed by atoms with van der Waals surface area (Å²) in [4.78, 5) is 35.6. The minimum Gasteiger partial charge on any atom is -0.455 e. The fourth-order valence-electron chi connectivity index (χ4n) is 2.16. The number of nitro groups is 1. The molecule has 0 saturated carbocycles. The van der Waals surface area contributed by atoms with Crippen LogP contribution in [-0.4, -0.2) is 34.2 Å². The number of hydrogen-bond donors (Lipinski definition) is 1. The lowest BCUT2D eigenvalue weighted by molar-refractivity contribution is -0.516.